The number of benzene rings is 1. The Morgan fingerprint density at radius 2 is 2.10 bits per heavy atom. The van der Waals surface area contributed by atoms with Gasteiger partial charge in [0.2, 0.25) is 0 Å². The molecule has 3 aromatic rings. The number of fused-ring (bicyclic) bond motifs is 1. The van der Waals surface area contributed by atoms with Crippen molar-refractivity contribution in [2.24, 2.45) is 5.92 Å². The Morgan fingerprint density at radius 1 is 1.32 bits per heavy atom. The molecular weight excluding hydrogens is 518 g/mol. The van der Waals surface area contributed by atoms with Crippen LogP contribution in [0.4, 0.5) is 15.9 Å². The Balaban J connectivity index is 1.74. The number of halogens is 2. The zero-order valence-corrected chi connectivity index (χ0v) is 19.5. The maximum absolute atomic E-state index is 14.4. The molecule has 8 nitrogen and oxygen atoms in total. The summed E-state index contributed by atoms with van der Waals surface area (Å²) in [6.45, 7) is 5.39. The van der Waals surface area contributed by atoms with E-state index in [1.807, 2.05) is 29.5 Å². The fourth-order valence-electron chi connectivity index (χ4n) is 2.72. The Morgan fingerprint density at radius 3 is 2.81 bits per heavy atom. The fraction of sp³-hybridized carbons (Fsp3) is 0.333. The molecule has 1 amide bonds. The number of rotatable bonds is 9. The normalized spacial score (nSPS) is 12.7. The van der Waals surface area contributed by atoms with Crippen LogP contribution in [0.3, 0.4) is 0 Å². The smallest absolute Gasteiger partial charge is 0.278 e. The zero-order valence-electron chi connectivity index (χ0n) is 17.4. The van der Waals surface area contributed by atoms with E-state index < -0.39 is 17.5 Å². The van der Waals surface area contributed by atoms with Gasteiger partial charge < -0.3 is 15.2 Å². The largest absolute Gasteiger partial charge is 0.366 e. The van der Waals surface area contributed by atoms with Crippen molar-refractivity contribution in [1.82, 2.24) is 14.9 Å². The van der Waals surface area contributed by atoms with Crippen molar-refractivity contribution in [2.75, 3.05) is 18.5 Å². The van der Waals surface area contributed by atoms with Gasteiger partial charge in [-0.15, -0.1) is 0 Å². The number of carbonyl (C=O) groups is 1. The van der Waals surface area contributed by atoms with Crippen LogP contribution in [0.1, 0.15) is 31.1 Å². The summed E-state index contributed by atoms with van der Waals surface area (Å²) >= 11 is 2.03. The summed E-state index contributed by atoms with van der Waals surface area (Å²) in [5.41, 5.74) is 3.63. The van der Waals surface area contributed by atoms with Crippen LogP contribution in [-0.2, 0) is 9.57 Å². The number of carbonyl (C=O) groups excluding carboxylic acids is 1. The van der Waals surface area contributed by atoms with Crippen LogP contribution in [0, 0.1) is 15.3 Å². The molecule has 0 saturated heterocycles. The highest BCUT2D eigenvalue weighted by Crippen LogP contribution is 2.26. The first-order chi connectivity index (χ1) is 14.6. The lowest BCUT2D eigenvalue weighted by atomic mass is 10.2. The number of anilines is 2. The van der Waals surface area contributed by atoms with Crippen molar-refractivity contribution in [1.29, 1.82) is 0 Å². The number of hydroxylamine groups is 1. The minimum absolute atomic E-state index is 0.0682. The van der Waals surface area contributed by atoms with E-state index in [1.165, 1.54) is 12.4 Å². The van der Waals surface area contributed by atoms with Crippen LogP contribution < -0.4 is 10.8 Å². The Kier molecular flexibility index (Phi) is 7.46. The van der Waals surface area contributed by atoms with Crippen molar-refractivity contribution in [2.45, 2.75) is 26.6 Å². The van der Waals surface area contributed by atoms with Gasteiger partial charge in [0.25, 0.3) is 5.91 Å². The highest BCUT2D eigenvalue weighted by atomic mass is 127. The van der Waals surface area contributed by atoms with Gasteiger partial charge in [-0.1, -0.05) is 6.92 Å². The van der Waals surface area contributed by atoms with E-state index in [9.17, 15) is 14.3 Å². The summed E-state index contributed by atoms with van der Waals surface area (Å²) in [7, 11) is 0. The van der Waals surface area contributed by atoms with E-state index in [2.05, 4.69) is 15.8 Å². The maximum atomic E-state index is 14.4. The number of nitrogens with zero attached hydrogens (tertiary/aromatic N) is 2. The van der Waals surface area contributed by atoms with Crippen LogP contribution >= 0.6 is 22.6 Å². The van der Waals surface area contributed by atoms with E-state index in [0.29, 0.717) is 5.82 Å². The third-order valence-corrected chi connectivity index (χ3v) is 4.94. The SMILES string of the molecule is C[C@@H](CONC(=O)c1ccc2cncn2c1Nc1ccc(I)cc1F)COC(C)(C)O. The lowest BCUT2D eigenvalue weighted by Gasteiger charge is -2.21. The second-order valence-corrected chi connectivity index (χ2v) is 8.88. The molecule has 0 fully saturated rings. The predicted octanol–water partition coefficient (Wildman–Crippen LogP) is 3.86. The number of hydrogen-bond acceptors (Lipinski definition) is 6. The highest BCUT2D eigenvalue weighted by Gasteiger charge is 2.18. The van der Waals surface area contributed by atoms with E-state index >= 15 is 0 Å². The van der Waals surface area contributed by atoms with Crippen LogP contribution in [-0.4, -0.2) is 39.4 Å². The topological polar surface area (TPSA) is 97.1 Å². The van der Waals surface area contributed by atoms with Gasteiger partial charge in [-0.3, -0.25) is 14.0 Å². The second kappa shape index (κ2) is 9.90. The van der Waals surface area contributed by atoms with Crippen molar-refractivity contribution in [3.8, 4) is 0 Å². The molecule has 0 unspecified atom stereocenters. The Bertz CT molecular complexity index is 1070. The minimum Gasteiger partial charge on any atom is -0.366 e. The monoisotopic (exact) mass is 542 g/mol. The average Bonchev–Trinajstić information content (AvgIpc) is 3.17. The summed E-state index contributed by atoms with van der Waals surface area (Å²) in [4.78, 5) is 22.2. The van der Waals surface area contributed by atoms with Crippen LogP contribution in [0.5, 0.6) is 0 Å². The van der Waals surface area contributed by atoms with Crippen LogP contribution in [0.2, 0.25) is 0 Å². The molecule has 1 aromatic carbocycles. The summed E-state index contributed by atoms with van der Waals surface area (Å²) in [6, 6.07) is 8.12. The molecule has 1 atom stereocenters. The first kappa shape index (κ1) is 23.4. The predicted molar refractivity (Wildman–Crippen MR) is 122 cm³/mol. The highest BCUT2D eigenvalue weighted by molar-refractivity contribution is 14.1. The third-order valence-electron chi connectivity index (χ3n) is 4.27. The number of pyridine rings is 1. The summed E-state index contributed by atoms with van der Waals surface area (Å²) < 4.78 is 22.1. The molecule has 10 heteroatoms. The lowest BCUT2D eigenvalue weighted by Crippen LogP contribution is -2.30. The van der Waals surface area contributed by atoms with Crippen LogP contribution in [0.25, 0.3) is 5.52 Å². The van der Waals surface area contributed by atoms with Gasteiger partial charge in [-0.05, 0) is 66.8 Å². The standard InChI is InChI=1S/C21H24FIN4O4/c1-13(10-30-21(2,3)29)11-31-26-20(28)16-6-5-15-9-24-12-27(15)19(16)25-18-7-4-14(23)8-17(18)22/h4-9,12-13,25,29H,10-11H2,1-3H3,(H,26,28)/t13-/m1/s1. The molecule has 0 aliphatic rings. The summed E-state index contributed by atoms with van der Waals surface area (Å²) in [5, 5.41) is 12.6. The number of aromatic nitrogens is 2. The van der Waals surface area contributed by atoms with E-state index in [1.54, 1.807) is 48.7 Å². The molecule has 2 aromatic heterocycles. The van der Waals surface area contributed by atoms with Crippen molar-refractivity contribution >= 4 is 45.5 Å². The number of aliphatic hydroxyl groups is 1. The number of ether oxygens (including phenoxy) is 1. The van der Waals surface area contributed by atoms with Crippen molar-refractivity contribution < 1.29 is 23.9 Å². The Hall–Kier alpha value is -2.28. The molecule has 0 bridgehead atoms. The molecule has 166 valence electrons. The van der Waals surface area contributed by atoms with E-state index in [4.69, 9.17) is 9.57 Å². The molecule has 0 radical (unpaired) electrons. The first-order valence-electron chi connectivity index (χ1n) is 9.59. The number of hydrogen-bond donors (Lipinski definition) is 3. The molecule has 2 heterocycles. The first-order valence-corrected chi connectivity index (χ1v) is 10.7. The fourth-order valence-corrected chi connectivity index (χ4v) is 3.17. The molecule has 31 heavy (non-hydrogen) atoms. The van der Waals surface area contributed by atoms with Crippen molar-refractivity contribution in [3.05, 3.63) is 57.8 Å². The van der Waals surface area contributed by atoms with Gasteiger partial charge in [-0.2, -0.15) is 0 Å². The quantitative estimate of drug-likeness (QED) is 0.216. The maximum Gasteiger partial charge on any atom is 0.278 e. The van der Waals surface area contributed by atoms with Gasteiger partial charge in [0.05, 0.1) is 36.2 Å². The second-order valence-electron chi connectivity index (χ2n) is 7.64. The molecule has 0 aliphatic heterocycles. The molecular formula is C21H24FIN4O4. The minimum atomic E-state index is -1.23. The molecule has 0 saturated carbocycles. The third kappa shape index (κ3) is 6.35. The Labute approximate surface area is 192 Å². The number of imidazole rings is 1. The van der Waals surface area contributed by atoms with Crippen LogP contribution in [0.15, 0.2) is 42.9 Å². The molecule has 3 rings (SSSR count). The van der Waals surface area contributed by atoms with Gasteiger partial charge >= 0.3 is 0 Å². The van der Waals surface area contributed by atoms with E-state index in [0.717, 1.165) is 9.09 Å². The van der Waals surface area contributed by atoms with Gasteiger partial charge in [0.1, 0.15) is 18.0 Å². The summed E-state index contributed by atoms with van der Waals surface area (Å²) in [5.74, 6) is -1.88. The van der Waals surface area contributed by atoms with Gasteiger partial charge in [0.15, 0.2) is 5.79 Å². The average molecular weight is 542 g/mol. The molecule has 0 aliphatic carbocycles. The molecule has 3 N–H and O–H groups in total. The van der Waals surface area contributed by atoms with Gasteiger partial charge in [-0.25, -0.2) is 14.9 Å². The summed E-state index contributed by atoms with van der Waals surface area (Å²) in [6.07, 6.45) is 3.17. The van der Waals surface area contributed by atoms with Gasteiger partial charge in [0, 0.05) is 9.49 Å². The van der Waals surface area contributed by atoms with Crippen molar-refractivity contribution in [3.63, 3.8) is 0 Å². The number of nitrogens with one attached hydrogen (secondary N) is 2. The number of amides is 1. The molecule has 0 spiro atoms. The lowest BCUT2D eigenvalue weighted by molar-refractivity contribution is -0.186. The van der Waals surface area contributed by atoms with E-state index in [-0.39, 0.29) is 30.4 Å². The zero-order chi connectivity index (χ0) is 22.6.